The molecule has 2 heteroatoms. The number of para-hydroxylation sites is 2. The molecule has 0 unspecified atom stereocenters. The van der Waals surface area contributed by atoms with Crippen molar-refractivity contribution in [3.05, 3.63) is 59.7 Å². The molecular weight excluding hydrogens is 232 g/mol. The molecule has 19 heavy (non-hydrogen) atoms. The van der Waals surface area contributed by atoms with Gasteiger partial charge in [-0.3, -0.25) is 0 Å². The first-order valence-electron chi connectivity index (χ1n) is 5.77. The maximum Gasteiger partial charge on any atom is 0.0496 e. The number of hydrogen-bond acceptors (Lipinski definition) is 2. The zero-order chi connectivity index (χ0) is 14.1. The molecule has 0 fully saturated rings. The second-order valence-electron chi connectivity index (χ2n) is 3.67. The van der Waals surface area contributed by atoms with Crippen LogP contribution in [-0.2, 0) is 0 Å². The van der Waals surface area contributed by atoms with Crippen molar-refractivity contribution in [3.8, 4) is 24.7 Å². The number of nitrogen functional groups attached to an aromatic ring is 1. The van der Waals surface area contributed by atoms with Crippen LogP contribution in [0.1, 0.15) is 11.1 Å². The van der Waals surface area contributed by atoms with Gasteiger partial charge in [-0.25, -0.2) is 0 Å². The molecule has 0 aliphatic carbocycles. The van der Waals surface area contributed by atoms with Crippen LogP contribution in [0.4, 0.5) is 11.4 Å². The maximum absolute atomic E-state index is 5.49. The van der Waals surface area contributed by atoms with E-state index in [0.717, 1.165) is 16.8 Å². The zero-order valence-electron chi connectivity index (χ0n) is 10.9. The van der Waals surface area contributed by atoms with E-state index in [0.29, 0.717) is 5.69 Å². The highest BCUT2D eigenvalue weighted by Gasteiger charge is 1.92. The molecule has 0 aliphatic rings. The third-order valence-corrected chi connectivity index (χ3v) is 2.47. The van der Waals surface area contributed by atoms with Crippen molar-refractivity contribution in [1.29, 1.82) is 0 Å². The minimum absolute atomic E-state index is 0.667. The Labute approximate surface area is 114 Å². The number of nitrogens with two attached hydrogens (primary N) is 1. The molecule has 0 atom stereocenters. The van der Waals surface area contributed by atoms with Crippen molar-refractivity contribution in [2.75, 3.05) is 18.1 Å². The Morgan fingerprint density at radius 1 is 0.895 bits per heavy atom. The van der Waals surface area contributed by atoms with Gasteiger partial charge < -0.3 is 11.1 Å². The summed E-state index contributed by atoms with van der Waals surface area (Å²) in [6.45, 7) is 0. The number of terminal acetylenes is 2. The molecule has 0 saturated heterocycles. The molecule has 0 aliphatic heterocycles. The number of nitrogens with one attached hydrogen (secondary N) is 1. The third-order valence-electron chi connectivity index (χ3n) is 2.47. The largest absolute Gasteiger partial charge is 0.398 e. The fourth-order valence-electron chi connectivity index (χ4n) is 1.46. The summed E-state index contributed by atoms with van der Waals surface area (Å²) in [6.07, 6.45) is 10.4. The summed E-state index contributed by atoms with van der Waals surface area (Å²) in [6, 6.07) is 15.1. The molecule has 2 aromatic rings. The van der Waals surface area contributed by atoms with Gasteiger partial charge in [-0.2, -0.15) is 0 Å². The van der Waals surface area contributed by atoms with Gasteiger partial charge in [0.25, 0.3) is 0 Å². The van der Waals surface area contributed by atoms with Crippen LogP contribution in [0, 0.1) is 24.7 Å². The summed E-state index contributed by atoms with van der Waals surface area (Å²) < 4.78 is 0. The summed E-state index contributed by atoms with van der Waals surface area (Å²) in [5, 5.41) is 3.00. The molecule has 2 aromatic carbocycles. The van der Waals surface area contributed by atoms with Crippen LogP contribution in [0.2, 0.25) is 0 Å². The lowest BCUT2D eigenvalue weighted by Gasteiger charge is -2.00. The lowest BCUT2D eigenvalue weighted by atomic mass is 10.2. The van der Waals surface area contributed by atoms with Gasteiger partial charge in [0.1, 0.15) is 0 Å². The van der Waals surface area contributed by atoms with Crippen molar-refractivity contribution >= 4 is 11.4 Å². The van der Waals surface area contributed by atoms with Crippen molar-refractivity contribution < 1.29 is 0 Å². The summed E-state index contributed by atoms with van der Waals surface area (Å²) in [4.78, 5) is 0. The third kappa shape index (κ3) is 4.15. The van der Waals surface area contributed by atoms with E-state index < -0.39 is 0 Å². The van der Waals surface area contributed by atoms with Gasteiger partial charge >= 0.3 is 0 Å². The molecule has 0 radical (unpaired) electrons. The van der Waals surface area contributed by atoms with Gasteiger partial charge in [-0.05, 0) is 24.3 Å². The topological polar surface area (TPSA) is 38.0 Å². The Bertz CT molecular complexity index is 616. The molecule has 0 heterocycles. The first-order chi connectivity index (χ1) is 9.22. The summed E-state index contributed by atoms with van der Waals surface area (Å²) in [5.74, 6) is 5.05. The molecular formula is C17H16N2. The fraction of sp³-hybridized carbons (Fsp3) is 0.0588. The monoisotopic (exact) mass is 248 g/mol. The predicted molar refractivity (Wildman–Crippen MR) is 82.7 cm³/mol. The van der Waals surface area contributed by atoms with E-state index in [1.54, 1.807) is 6.07 Å². The van der Waals surface area contributed by atoms with Crippen molar-refractivity contribution in [3.63, 3.8) is 0 Å². The first kappa shape index (κ1) is 14.2. The van der Waals surface area contributed by atoms with Gasteiger partial charge in [0, 0.05) is 29.5 Å². The Morgan fingerprint density at radius 2 is 1.42 bits per heavy atom. The van der Waals surface area contributed by atoms with Crippen LogP contribution < -0.4 is 11.1 Å². The molecule has 0 aromatic heterocycles. The normalized spacial score (nSPS) is 8.37. The van der Waals surface area contributed by atoms with Crippen molar-refractivity contribution in [2.45, 2.75) is 0 Å². The van der Waals surface area contributed by atoms with Crippen LogP contribution in [0.15, 0.2) is 48.5 Å². The highest BCUT2D eigenvalue weighted by Crippen LogP contribution is 2.11. The zero-order valence-corrected chi connectivity index (χ0v) is 10.9. The van der Waals surface area contributed by atoms with Crippen molar-refractivity contribution in [1.82, 2.24) is 0 Å². The molecule has 0 amide bonds. The lowest BCUT2D eigenvalue weighted by molar-refractivity contribution is 1.49. The van der Waals surface area contributed by atoms with Gasteiger partial charge in [-0.15, -0.1) is 12.8 Å². The summed E-state index contributed by atoms with van der Waals surface area (Å²) in [5.41, 5.74) is 8.83. The van der Waals surface area contributed by atoms with Gasteiger partial charge in [0.05, 0.1) is 0 Å². The van der Waals surface area contributed by atoms with Crippen LogP contribution >= 0.6 is 0 Å². The average Bonchev–Trinajstić information content (AvgIpc) is 2.48. The number of anilines is 2. The van der Waals surface area contributed by atoms with Crippen LogP contribution in [-0.4, -0.2) is 7.05 Å². The van der Waals surface area contributed by atoms with Crippen LogP contribution in [0.25, 0.3) is 0 Å². The van der Waals surface area contributed by atoms with E-state index in [1.807, 2.05) is 49.5 Å². The highest BCUT2D eigenvalue weighted by molar-refractivity contribution is 5.57. The second kappa shape index (κ2) is 7.48. The molecule has 0 saturated carbocycles. The second-order valence-corrected chi connectivity index (χ2v) is 3.67. The molecule has 3 N–H and O–H groups in total. The molecule has 94 valence electrons. The van der Waals surface area contributed by atoms with Gasteiger partial charge in [0.15, 0.2) is 0 Å². The standard InChI is InChI=1S/C9H9N.C8H7N/c1-3-8-6-4-5-7-9(8)10-2;1-2-7-5-3-4-6-8(7)9/h1,4-7,10H,2H3;1,3-6H,9H2. The van der Waals surface area contributed by atoms with Gasteiger partial charge in [-0.1, -0.05) is 36.1 Å². The summed E-state index contributed by atoms with van der Waals surface area (Å²) >= 11 is 0. The predicted octanol–water partition coefficient (Wildman–Crippen LogP) is 2.96. The highest BCUT2D eigenvalue weighted by atomic mass is 14.8. The van der Waals surface area contributed by atoms with Crippen LogP contribution in [0.5, 0.6) is 0 Å². The first-order valence-corrected chi connectivity index (χ1v) is 5.77. The quantitative estimate of drug-likeness (QED) is 0.601. The average molecular weight is 248 g/mol. The molecule has 2 nitrogen and oxygen atoms in total. The number of hydrogen-bond donors (Lipinski definition) is 2. The number of rotatable bonds is 1. The van der Waals surface area contributed by atoms with E-state index in [2.05, 4.69) is 17.2 Å². The van der Waals surface area contributed by atoms with Crippen molar-refractivity contribution in [2.24, 2.45) is 0 Å². The maximum atomic E-state index is 5.49. The van der Waals surface area contributed by atoms with E-state index in [4.69, 9.17) is 18.6 Å². The minimum Gasteiger partial charge on any atom is -0.398 e. The van der Waals surface area contributed by atoms with E-state index in [1.165, 1.54) is 0 Å². The number of benzene rings is 2. The molecule has 0 spiro atoms. The molecule has 2 rings (SSSR count). The van der Waals surface area contributed by atoms with E-state index in [-0.39, 0.29) is 0 Å². The Kier molecular flexibility index (Phi) is 5.60. The Hall–Kier alpha value is -2.84. The SMILES string of the molecule is C#Cc1ccccc1N.C#Cc1ccccc1NC. The minimum atomic E-state index is 0.667. The lowest BCUT2D eigenvalue weighted by Crippen LogP contribution is -1.90. The Balaban J connectivity index is 0.000000191. The summed E-state index contributed by atoms with van der Waals surface area (Å²) in [7, 11) is 1.86. The molecule has 0 bridgehead atoms. The van der Waals surface area contributed by atoms with E-state index in [9.17, 15) is 0 Å². The smallest absolute Gasteiger partial charge is 0.0496 e. The van der Waals surface area contributed by atoms with E-state index >= 15 is 0 Å². The van der Waals surface area contributed by atoms with Gasteiger partial charge in [0.2, 0.25) is 0 Å². The fourth-order valence-corrected chi connectivity index (χ4v) is 1.46. The van der Waals surface area contributed by atoms with Crippen LogP contribution in [0.3, 0.4) is 0 Å². The Morgan fingerprint density at radius 3 is 1.84 bits per heavy atom.